The fourth-order valence-electron chi connectivity index (χ4n) is 1.70. The van der Waals surface area contributed by atoms with Gasteiger partial charge in [-0.05, 0) is 24.3 Å². The number of nitrogens with zero attached hydrogens (tertiary/aromatic N) is 1. The lowest BCUT2D eigenvalue weighted by Gasteiger charge is -2.24. The first kappa shape index (κ1) is 9.87. The highest BCUT2D eigenvalue weighted by molar-refractivity contribution is 6.30. The van der Waals surface area contributed by atoms with Gasteiger partial charge in [-0.25, -0.2) is 4.98 Å². The minimum absolute atomic E-state index is 0.504. The van der Waals surface area contributed by atoms with Gasteiger partial charge in [-0.1, -0.05) is 11.6 Å². The Balaban J connectivity index is 1.88. The minimum atomic E-state index is 0.504. The lowest BCUT2D eigenvalue weighted by Crippen LogP contribution is -2.40. The molecular weight excluding hydrogens is 224 g/mol. The quantitative estimate of drug-likeness (QED) is 0.868. The van der Waals surface area contributed by atoms with Crippen LogP contribution in [0, 0.1) is 0 Å². The number of hydrogen-bond donors (Lipinski definition) is 1. The van der Waals surface area contributed by atoms with E-state index in [0.29, 0.717) is 11.8 Å². The molecule has 4 heteroatoms. The van der Waals surface area contributed by atoms with Crippen LogP contribution < -0.4 is 5.32 Å². The first-order valence-electron chi connectivity index (χ1n) is 5.25. The SMILES string of the molecule is Clc1ccc(-c2nc(C3CNC3)co2)cc1. The maximum atomic E-state index is 5.83. The number of rotatable bonds is 2. The van der Waals surface area contributed by atoms with Crippen molar-refractivity contribution in [2.75, 3.05) is 13.1 Å². The third-order valence-corrected chi connectivity index (χ3v) is 3.06. The van der Waals surface area contributed by atoms with Gasteiger partial charge in [0.05, 0.1) is 5.69 Å². The molecule has 0 amide bonds. The van der Waals surface area contributed by atoms with Crippen LogP contribution in [-0.2, 0) is 0 Å². The Kier molecular flexibility index (Phi) is 2.42. The highest BCUT2D eigenvalue weighted by Gasteiger charge is 2.22. The Hall–Kier alpha value is -1.32. The maximum Gasteiger partial charge on any atom is 0.226 e. The highest BCUT2D eigenvalue weighted by Crippen LogP contribution is 2.25. The molecule has 1 N–H and O–H groups in total. The fourth-order valence-corrected chi connectivity index (χ4v) is 1.82. The maximum absolute atomic E-state index is 5.83. The van der Waals surface area contributed by atoms with Crippen molar-refractivity contribution in [1.29, 1.82) is 0 Å². The molecule has 1 fully saturated rings. The van der Waals surface area contributed by atoms with Gasteiger partial charge < -0.3 is 9.73 Å². The standard InChI is InChI=1S/C12H11ClN2O/c13-10-3-1-8(2-4-10)12-15-11(7-16-12)9-5-14-6-9/h1-4,7,9,14H,5-6H2. The first-order valence-corrected chi connectivity index (χ1v) is 5.63. The third kappa shape index (κ3) is 1.72. The summed E-state index contributed by atoms with van der Waals surface area (Å²) in [7, 11) is 0. The second-order valence-corrected chi connectivity index (χ2v) is 4.38. The molecule has 82 valence electrons. The molecule has 0 atom stereocenters. The average molecular weight is 235 g/mol. The van der Waals surface area contributed by atoms with Crippen molar-refractivity contribution in [3.63, 3.8) is 0 Å². The van der Waals surface area contributed by atoms with Crippen LogP contribution in [0.5, 0.6) is 0 Å². The Labute approximate surface area is 98.4 Å². The summed E-state index contributed by atoms with van der Waals surface area (Å²) in [6, 6.07) is 7.51. The van der Waals surface area contributed by atoms with Crippen molar-refractivity contribution in [2.24, 2.45) is 0 Å². The van der Waals surface area contributed by atoms with Gasteiger partial charge in [-0.3, -0.25) is 0 Å². The number of halogens is 1. The Bertz CT molecular complexity index is 488. The summed E-state index contributed by atoms with van der Waals surface area (Å²) in [6.07, 6.45) is 1.75. The summed E-state index contributed by atoms with van der Waals surface area (Å²) in [5.41, 5.74) is 1.99. The van der Waals surface area contributed by atoms with Gasteiger partial charge in [0.25, 0.3) is 0 Å². The van der Waals surface area contributed by atoms with E-state index in [1.165, 1.54) is 0 Å². The molecule has 1 saturated heterocycles. The van der Waals surface area contributed by atoms with Crippen LogP contribution in [0.1, 0.15) is 11.6 Å². The van der Waals surface area contributed by atoms with Crippen molar-refractivity contribution in [2.45, 2.75) is 5.92 Å². The van der Waals surface area contributed by atoms with E-state index in [4.69, 9.17) is 16.0 Å². The predicted molar refractivity (Wildman–Crippen MR) is 62.6 cm³/mol. The molecule has 0 bridgehead atoms. The number of aromatic nitrogens is 1. The van der Waals surface area contributed by atoms with Crippen LogP contribution in [-0.4, -0.2) is 18.1 Å². The summed E-state index contributed by atoms with van der Waals surface area (Å²) in [4.78, 5) is 4.48. The van der Waals surface area contributed by atoms with Gasteiger partial charge in [0.15, 0.2) is 0 Å². The molecule has 0 radical (unpaired) electrons. The number of hydrogen-bond acceptors (Lipinski definition) is 3. The zero-order valence-corrected chi connectivity index (χ0v) is 9.37. The predicted octanol–water partition coefficient (Wildman–Crippen LogP) is 2.68. The van der Waals surface area contributed by atoms with E-state index in [1.54, 1.807) is 6.26 Å². The van der Waals surface area contributed by atoms with Crippen molar-refractivity contribution >= 4 is 11.6 Å². The van der Waals surface area contributed by atoms with Gasteiger partial charge in [-0.2, -0.15) is 0 Å². The molecule has 1 aromatic heterocycles. The Morgan fingerprint density at radius 3 is 2.62 bits per heavy atom. The second kappa shape index (κ2) is 3.92. The minimum Gasteiger partial charge on any atom is -0.444 e. The largest absolute Gasteiger partial charge is 0.444 e. The zero-order chi connectivity index (χ0) is 11.0. The van der Waals surface area contributed by atoms with Gasteiger partial charge in [-0.15, -0.1) is 0 Å². The van der Waals surface area contributed by atoms with Crippen LogP contribution in [0.15, 0.2) is 34.9 Å². The summed E-state index contributed by atoms with van der Waals surface area (Å²) in [5.74, 6) is 1.17. The van der Waals surface area contributed by atoms with Gasteiger partial charge in [0, 0.05) is 29.6 Å². The van der Waals surface area contributed by atoms with E-state index < -0.39 is 0 Å². The molecule has 0 saturated carbocycles. The highest BCUT2D eigenvalue weighted by atomic mass is 35.5. The topological polar surface area (TPSA) is 38.1 Å². The van der Waals surface area contributed by atoms with Crippen molar-refractivity contribution in [3.05, 3.63) is 41.2 Å². The van der Waals surface area contributed by atoms with Crippen molar-refractivity contribution in [1.82, 2.24) is 10.3 Å². The van der Waals surface area contributed by atoms with E-state index in [2.05, 4.69) is 10.3 Å². The molecule has 1 aromatic carbocycles. The smallest absolute Gasteiger partial charge is 0.226 e. The lowest BCUT2D eigenvalue weighted by atomic mass is 10.0. The Morgan fingerprint density at radius 2 is 2.00 bits per heavy atom. The van der Waals surface area contributed by atoms with E-state index in [0.717, 1.165) is 29.4 Å². The van der Waals surface area contributed by atoms with Crippen LogP contribution in [0.3, 0.4) is 0 Å². The van der Waals surface area contributed by atoms with E-state index in [9.17, 15) is 0 Å². The summed E-state index contributed by atoms with van der Waals surface area (Å²) >= 11 is 5.83. The summed E-state index contributed by atoms with van der Waals surface area (Å²) in [6.45, 7) is 1.99. The van der Waals surface area contributed by atoms with Gasteiger partial charge in [0.2, 0.25) is 5.89 Å². The van der Waals surface area contributed by atoms with Crippen molar-refractivity contribution < 1.29 is 4.42 Å². The molecule has 2 aromatic rings. The van der Waals surface area contributed by atoms with Crippen LogP contribution in [0.25, 0.3) is 11.5 Å². The second-order valence-electron chi connectivity index (χ2n) is 3.94. The molecule has 0 spiro atoms. The molecule has 2 heterocycles. The molecular formula is C12H11ClN2O. The van der Waals surface area contributed by atoms with Crippen LogP contribution in [0.4, 0.5) is 0 Å². The van der Waals surface area contributed by atoms with Gasteiger partial charge in [0.1, 0.15) is 6.26 Å². The Morgan fingerprint density at radius 1 is 1.25 bits per heavy atom. The van der Waals surface area contributed by atoms with E-state index in [1.807, 2.05) is 24.3 Å². The summed E-state index contributed by atoms with van der Waals surface area (Å²) in [5, 5.41) is 3.94. The molecule has 0 aliphatic carbocycles. The van der Waals surface area contributed by atoms with Gasteiger partial charge >= 0.3 is 0 Å². The number of oxazole rings is 1. The first-order chi connectivity index (χ1) is 7.83. The van der Waals surface area contributed by atoms with E-state index in [-0.39, 0.29) is 0 Å². The molecule has 0 unspecified atom stereocenters. The number of benzene rings is 1. The molecule has 3 rings (SSSR count). The molecule has 1 aliphatic rings. The molecule has 3 nitrogen and oxygen atoms in total. The summed E-state index contributed by atoms with van der Waals surface area (Å²) < 4.78 is 5.47. The lowest BCUT2D eigenvalue weighted by molar-refractivity contribution is 0.438. The van der Waals surface area contributed by atoms with Crippen LogP contribution >= 0.6 is 11.6 Å². The monoisotopic (exact) mass is 234 g/mol. The fraction of sp³-hybridized carbons (Fsp3) is 0.250. The number of nitrogens with one attached hydrogen (secondary N) is 1. The zero-order valence-electron chi connectivity index (χ0n) is 8.61. The third-order valence-electron chi connectivity index (χ3n) is 2.81. The average Bonchev–Trinajstić information content (AvgIpc) is 2.65. The van der Waals surface area contributed by atoms with Crippen LogP contribution in [0.2, 0.25) is 5.02 Å². The normalized spacial score (nSPS) is 16.1. The van der Waals surface area contributed by atoms with E-state index >= 15 is 0 Å². The molecule has 16 heavy (non-hydrogen) atoms. The van der Waals surface area contributed by atoms with Crippen molar-refractivity contribution in [3.8, 4) is 11.5 Å². The molecule has 1 aliphatic heterocycles.